The van der Waals surface area contributed by atoms with Gasteiger partial charge in [0.15, 0.2) is 5.17 Å². The minimum Gasteiger partial charge on any atom is -0.497 e. The van der Waals surface area contributed by atoms with Gasteiger partial charge in [-0.2, -0.15) is 0 Å². The molecule has 1 unspecified atom stereocenters. The predicted molar refractivity (Wildman–Crippen MR) is 97.9 cm³/mol. The predicted octanol–water partition coefficient (Wildman–Crippen LogP) is 2.65. The second-order valence-corrected chi connectivity index (χ2v) is 7.84. The van der Waals surface area contributed by atoms with Crippen LogP contribution >= 0.6 is 11.8 Å². The fraction of sp³-hybridized carbons (Fsp3) is 0.500. The first-order valence-electron chi connectivity index (χ1n) is 8.65. The molecule has 3 aliphatic rings. The Labute approximate surface area is 151 Å². The van der Waals surface area contributed by atoms with E-state index < -0.39 is 0 Å². The number of amidine groups is 1. The summed E-state index contributed by atoms with van der Waals surface area (Å²) in [7, 11) is 1.60. The molecular weight excluding hydrogens is 338 g/mol. The van der Waals surface area contributed by atoms with Crippen LogP contribution in [-0.2, 0) is 9.59 Å². The summed E-state index contributed by atoms with van der Waals surface area (Å²) in [5, 5.41) is 3.32. The van der Waals surface area contributed by atoms with Crippen LogP contribution in [0.15, 0.2) is 29.3 Å². The number of nitrogens with zero attached hydrogens (tertiary/aromatic N) is 2. The third-order valence-corrected chi connectivity index (χ3v) is 5.63. The van der Waals surface area contributed by atoms with E-state index in [0.717, 1.165) is 36.6 Å². The summed E-state index contributed by atoms with van der Waals surface area (Å²) in [5.74, 6) is 0.622. The van der Waals surface area contributed by atoms with Crippen LogP contribution in [0, 0.1) is 0 Å². The number of carbonyl (C=O) groups is 2. The summed E-state index contributed by atoms with van der Waals surface area (Å²) in [6, 6.07) is 7.84. The molecule has 0 aromatic heterocycles. The molecule has 1 atom stereocenters. The number of nitrogens with one attached hydrogen (secondary N) is 1. The van der Waals surface area contributed by atoms with Crippen molar-refractivity contribution in [2.45, 2.75) is 49.4 Å². The number of amides is 2. The Morgan fingerprint density at radius 2 is 2.00 bits per heavy atom. The third kappa shape index (κ3) is 3.81. The molecule has 25 heavy (non-hydrogen) atoms. The Balaban J connectivity index is 1.39. The van der Waals surface area contributed by atoms with Crippen molar-refractivity contribution in [2.75, 3.05) is 12.4 Å². The number of aliphatic imine (C=N–C) groups is 1. The van der Waals surface area contributed by atoms with Crippen molar-refractivity contribution in [3.8, 4) is 5.75 Å². The maximum Gasteiger partial charge on any atom is 0.242 e. The van der Waals surface area contributed by atoms with E-state index in [1.165, 1.54) is 11.8 Å². The van der Waals surface area contributed by atoms with Gasteiger partial charge in [-0.1, -0.05) is 11.8 Å². The van der Waals surface area contributed by atoms with Gasteiger partial charge < -0.3 is 10.1 Å². The molecule has 1 N–H and O–H groups in total. The monoisotopic (exact) mass is 359 g/mol. The Morgan fingerprint density at radius 1 is 1.28 bits per heavy atom. The number of thioether (sulfide) groups is 1. The first kappa shape index (κ1) is 16.4. The van der Waals surface area contributed by atoms with Gasteiger partial charge in [-0.05, 0) is 49.9 Å². The zero-order valence-electron chi connectivity index (χ0n) is 14.1. The molecule has 132 valence electrons. The minimum absolute atomic E-state index is 0.0387. The largest absolute Gasteiger partial charge is 0.497 e. The summed E-state index contributed by atoms with van der Waals surface area (Å²) in [6.07, 6.45) is 4.47. The molecule has 6 nitrogen and oxygen atoms in total. The molecule has 1 heterocycles. The second kappa shape index (κ2) is 6.71. The van der Waals surface area contributed by atoms with Crippen LogP contribution in [0.4, 0.5) is 5.69 Å². The fourth-order valence-electron chi connectivity index (χ4n) is 2.79. The second-order valence-electron chi connectivity index (χ2n) is 6.67. The lowest BCUT2D eigenvalue weighted by Gasteiger charge is -2.15. The number of hydrogen-bond acceptors (Lipinski definition) is 5. The zero-order valence-corrected chi connectivity index (χ0v) is 14.9. The Hall–Kier alpha value is -2.02. The van der Waals surface area contributed by atoms with Gasteiger partial charge >= 0.3 is 0 Å². The van der Waals surface area contributed by atoms with Gasteiger partial charge in [-0.3, -0.25) is 19.5 Å². The molecule has 7 heteroatoms. The number of hydrogen-bond donors (Lipinski definition) is 1. The maximum absolute atomic E-state index is 12.7. The third-order valence-electron chi connectivity index (χ3n) is 4.46. The van der Waals surface area contributed by atoms with Gasteiger partial charge in [0.1, 0.15) is 11.0 Å². The Morgan fingerprint density at radius 3 is 2.60 bits per heavy atom. The van der Waals surface area contributed by atoms with Crippen LogP contribution in [0.1, 0.15) is 32.1 Å². The highest BCUT2D eigenvalue weighted by molar-refractivity contribution is 8.15. The van der Waals surface area contributed by atoms with E-state index in [9.17, 15) is 9.59 Å². The number of rotatable bonds is 6. The molecule has 1 saturated heterocycles. The minimum atomic E-state index is -0.364. The lowest BCUT2D eigenvalue weighted by atomic mass is 10.2. The van der Waals surface area contributed by atoms with E-state index >= 15 is 0 Å². The number of methoxy groups -OCH3 is 1. The van der Waals surface area contributed by atoms with Crippen molar-refractivity contribution in [1.82, 2.24) is 4.90 Å². The van der Waals surface area contributed by atoms with Crippen LogP contribution in [0.25, 0.3) is 0 Å². The van der Waals surface area contributed by atoms with Gasteiger partial charge in [0.25, 0.3) is 0 Å². The lowest BCUT2D eigenvalue weighted by molar-refractivity contribution is -0.128. The SMILES string of the molecule is COc1ccc(NC(=O)CC2SC(=NC3CC3)N(C3CC3)C2=O)cc1. The van der Waals surface area contributed by atoms with E-state index in [1.54, 1.807) is 31.4 Å². The normalized spacial score (nSPS) is 24.7. The van der Waals surface area contributed by atoms with E-state index in [2.05, 4.69) is 10.3 Å². The Bertz CT molecular complexity index is 711. The lowest BCUT2D eigenvalue weighted by Crippen LogP contribution is -2.35. The van der Waals surface area contributed by atoms with Gasteiger partial charge in [0.2, 0.25) is 11.8 Å². The van der Waals surface area contributed by atoms with E-state index in [4.69, 9.17) is 4.74 Å². The van der Waals surface area contributed by atoms with Crippen molar-refractivity contribution < 1.29 is 14.3 Å². The van der Waals surface area contributed by atoms with Crippen LogP contribution in [0.5, 0.6) is 5.75 Å². The van der Waals surface area contributed by atoms with Crippen LogP contribution in [0.3, 0.4) is 0 Å². The quantitative estimate of drug-likeness (QED) is 0.848. The molecule has 3 fully saturated rings. The van der Waals surface area contributed by atoms with Crippen molar-refractivity contribution in [3.63, 3.8) is 0 Å². The molecular formula is C18H21N3O3S. The summed E-state index contributed by atoms with van der Waals surface area (Å²) in [6.45, 7) is 0. The average molecular weight is 359 g/mol. The number of ether oxygens (including phenoxy) is 1. The molecule has 1 aromatic rings. The van der Waals surface area contributed by atoms with Gasteiger partial charge in [0.05, 0.1) is 13.2 Å². The summed E-state index contributed by atoms with van der Waals surface area (Å²) >= 11 is 1.45. The smallest absolute Gasteiger partial charge is 0.242 e. The molecule has 0 radical (unpaired) electrons. The standard InChI is InChI=1S/C18H21N3O3S/c1-24-14-8-4-11(5-9-14)19-16(22)10-15-17(23)21(13-6-7-13)18(25-15)20-12-2-3-12/h4-5,8-9,12-13,15H,2-3,6-7,10H2,1H3,(H,19,22). The molecule has 2 saturated carbocycles. The number of benzene rings is 1. The summed E-state index contributed by atoms with van der Waals surface area (Å²) in [5.41, 5.74) is 0.701. The van der Waals surface area contributed by atoms with Crippen molar-refractivity contribution >= 4 is 34.4 Å². The molecule has 1 aliphatic heterocycles. The molecule has 0 spiro atoms. The first-order chi connectivity index (χ1) is 12.1. The van der Waals surface area contributed by atoms with Crippen molar-refractivity contribution in [2.24, 2.45) is 4.99 Å². The zero-order chi connectivity index (χ0) is 17.4. The van der Waals surface area contributed by atoms with Crippen LogP contribution < -0.4 is 10.1 Å². The first-order valence-corrected chi connectivity index (χ1v) is 9.53. The highest BCUT2D eigenvalue weighted by atomic mass is 32.2. The van der Waals surface area contributed by atoms with Crippen LogP contribution in [0.2, 0.25) is 0 Å². The molecule has 1 aromatic carbocycles. The molecule has 4 rings (SSSR count). The molecule has 2 aliphatic carbocycles. The van der Waals surface area contributed by atoms with Crippen molar-refractivity contribution in [3.05, 3.63) is 24.3 Å². The number of carbonyl (C=O) groups excluding carboxylic acids is 2. The maximum atomic E-state index is 12.7. The van der Waals surface area contributed by atoms with Gasteiger partial charge in [0, 0.05) is 18.2 Å². The van der Waals surface area contributed by atoms with E-state index in [-0.39, 0.29) is 23.5 Å². The summed E-state index contributed by atoms with van der Waals surface area (Å²) in [4.78, 5) is 31.6. The van der Waals surface area contributed by atoms with E-state index in [1.807, 2.05) is 4.90 Å². The van der Waals surface area contributed by atoms with Crippen molar-refractivity contribution in [1.29, 1.82) is 0 Å². The average Bonchev–Trinajstić information content (AvgIpc) is 3.51. The molecule has 0 bridgehead atoms. The highest BCUT2D eigenvalue weighted by Gasteiger charge is 2.46. The summed E-state index contributed by atoms with van der Waals surface area (Å²) < 4.78 is 5.11. The topological polar surface area (TPSA) is 71.0 Å². The highest BCUT2D eigenvalue weighted by Crippen LogP contribution is 2.40. The van der Waals surface area contributed by atoms with Gasteiger partial charge in [-0.25, -0.2) is 0 Å². The molecule has 2 amide bonds. The number of anilines is 1. The van der Waals surface area contributed by atoms with Gasteiger partial charge in [-0.15, -0.1) is 0 Å². The van der Waals surface area contributed by atoms with Crippen LogP contribution in [-0.4, -0.2) is 46.3 Å². The van der Waals surface area contributed by atoms with E-state index in [0.29, 0.717) is 17.8 Å². The Kier molecular flexibility index (Phi) is 4.41. The fourth-order valence-corrected chi connectivity index (χ4v) is 4.05.